The second kappa shape index (κ2) is 8.13. The van der Waals surface area contributed by atoms with Crippen molar-refractivity contribution in [3.8, 4) is 0 Å². The predicted molar refractivity (Wildman–Crippen MR) is 89.4 cm³/mol. The topological polar surface area (TPSA) is 12.0 Å². The van der Waals surface area contributed by atoms with E-state index in [1.807, 2.05) is 0 Å². The van der Waals surface area contributed by atoms with Crippen molar-refractivity contribution in [2.75, 3.05) is 13.3 Å². The largest absolute Gasteiger partial charge is 0.313 e. The fourth-order valence-corrected chi connectivity index (χ4v) is 2.88. The molecule has 0 aromatic heterocycles. The highest BCUT2D eigenvalue weighted by atomic mass is 32.2. The van der Waals surface area contributed by atoms with Crippen LogP contribution in [0, 0.1) is 0 Å². The molecule has 1 N–H and O–H groups in total. The van der Waals surface area contributed by atoms with Crippen LogP contribution in [0.1, 0.15) is 30.0 Å². The Balaban J connectivity index is 1.88. The van der Waals surface area contributed by atoms with Gasteiger partial charge in [-0.1, -0.05) is 42.5 Å². The Morgan fingerprint density at radius 2 is 1.70 bits per heavy atom. The molecule has 1 unspecified atom stereocenters. The molecule has 2 aromatic rings. The van der Waals surface area contributed by atoms with Crippen LogP contribution in [0.15, 0.2) is 59.5 Å². The summed E-state index contributed by atoms with van der Waals surface area (Å²) >= 11 is 1.79. The van der Waals surface area contributed by atoms with E-state index in [0.29, 0.717) is 6.04 Å². The summed E-state index contributed by atoms with van der Waals surface area (Å²) in [7, 11) is 2.05. The molecular formula is C18H23NS. The minimum atomic E-state index is 0.453. The lowest BCUT2D eigenvalue weighted by molar-refractivity contribution is 0.527. The number of benzene rings is 2. The molecular weight excluding hydrogens is 262 g/mol. The second-order valence-electron chi connectivity index (χ2n) is 4.99. The van der Waals surface area contributed by atoms with Gasteiger partial charge in [0.15, 0.2) is 0 Å². The third-order valence-corrected chi connectivity index (χ3v) is 4.41. The van der Waals surface area contributed by atoms with Crippen LogP contribution in [0.4, 0.5) is 0 Å². The molecule has 1 atom stereocenters. The van der Waals surface area contributed by atoms with E-state index < -0.39 is 0 Å². The van der Waals surface area contributed by atoms with Crippen molar-refractivity contribution < 1.29 is 0 Å². The molecule has 106 valence electrons. The van der Waals surface area contributed by atoms with Crippen molar-refractivity contribution in [3.05, 3.63) is 65.7 Å². The highest BCUT2D eigenvalue weighted by molar-refractivity contribution is 7.98. The number of rotatable bonds is 7. The lowest BCUT2D eigenvalue weighted by Crippen LogP contribution is -2.16. The number of aryl methyl sites for hydroxylation is 1. The molecule has 2 aromatic carbocycles. The van der Waals surface area contributed by atoms with Gasteiger partial charge in [0.2, 0.25) is 0 Å². The summed E-state index contributed by atoms with van der Waals surface area (Å²) in [6.45, 7) is 0. The van der Waals surface area contributed by atoms with Gasteiger partial charge in [-0.3, -0.25) is 0 Å². The smallest absolute Gasteiger partial charge is 0.0317 e. The van der Waals surface area contributed by atoms with E-state index in [9.17, 15) is 0 Å². The van der Waals surface area contributed by atoms with Crippen molar-refractivity contribution >= 4 is 11.8 Å². The Morgan fingerprint density at radius 3 is 2.30 bits per heavy atom. The van der Waals surface area contributed by atoms with Gasteiger partial charge in [-0.25, -0.2) is 0 Å². The fraction of sp³-hybridized carbons (Fsp3) is 0.333. The van der Waals surface area contributed by atoms with Gasteiger partial charge in [0.05, 0.1) is 0 Å². The summed E-state index contributed by atoms with van der Waals surface area (Å²) in [5, 5.41) is 3.44. The maximum absolute atomic E-state index is 3.44. The molecule has 0 saturated carbocycles. The molecule has 0 heterocycles. The first-order valence-corrected chi connectivity index (χ1v) is 8.41. The molecule has 0 bridgehead atoms. The van der Waals surface area contributed by atoms with Gasteiger partial charge in [-0.05, 0) is 55.8 Å². The molecule has 0 radical (unpaired) electrons. The Hall–Kier alpha value is -1.25. The van der Waals surface area contributed by atoms with Crippen molar-refractivity contribution in [3.63, 3.8) is 0 Å². The van der Waals surface area contributed by atoms with Crippen LogP contribution < -0.4 is 5.32 Å². The number of hydrogen-bond donors (Lipinski definition) is 1. The van der Waals surface area contributed by atoms with Crippen LogP contribution in [0.3, 0.4) is 0 Å². The number of thioether (sulfide) groups is 1. The van der Waals surface area contributed by atoms with Crippen LogP contribution in [-0.4, -0.2) is 13.3 Å². The summed E-state index contributed by atoms with van der Waals surface area (Å²) in [4.78, 5) is 1.33. The zero-order chi connectivity index (χ0) is 14.2. The van der Waals surface area contributed by atoms with E-state index in [1.54, 1.807) is 11.8 Å². The molecule has 20 heavy (non-hydrogen) atoms. The molecule has 0 spiro atoms. The summed E-state index contributed by atoms with van der Waals surface area (Å²) in [5.41, 5.74) is 2.82. The molecule has 1 nitrogen and oxygen atoms in total. The third-order valence-electron chi connectivity index (χ3n) is 3.67. The zero-order valence-corrected chi connectivity index (χ0v) is 13.1. The molecule has 0 saturated heterocycles. The minimum absolute atomic E-state index is 0.453. The van der Waals surface area contributed by atoms with Gasteiger partial charge in [-0.2, -0.15) is 0 Å². The molecule has 0 aliphatic heterocycles. The summed E-state index contributed by atoms with van der Waals surface area (Å²) < 4.78 is 0. The van der Waals surface area contributed by atoms with E-state index in [-0.39, 0.29) is 0 Å². The van der Waals surface area contributed by atoms with E-state index in [4.69, 9.17) is 0 Å². The quantitative estimate of drug-likeness (QED) is 0.741. The normalized spacial score (nSPS) is 12.3. The highest BCUT2D eigenvalue weighted by Crippen LogP contribution is 2.22. The Morgan fingerprint density at radius 1 is 1.00 bits per heavy atom. The molecule has 0 fully saturated rings. The van der Waals surface area contributed by atoms with Gasteiger partial charge in [0.1, 0.15) is 0 Å². The fourth-order valence-electron chi connectivity index (χ4n) is 2.47. The number of hydrogen-bond acceptors (Lipinski definition) is 2. The minimum Gasteiger partial charge on any atom is -0.313 e. The average molecular weight is 285 g/mol. The standard InChI is InChI=1S/C18H23NS/c1-19-18(16-11-13-17(20-2)14-12-16)10-6-9-15-7-4-3-5-8-15/h3-5,7-8,11-14,18-19H,6,9-10H2,1-2H3. The lowest BCUT2D eigenvalue weighted by atomic mass is 9.99. The molecule has 2 heteroatoms. The van der Waals surface area contributed by atoms with Gasteiger partial charge in [-0.15, -0.1) is 11.8 Å². The van der Waals surface area contributed by atoms with Crippen molar-refractivity contribution in [2.24, 2.45) is 0 Å². The Kier molecular flexibility index (Phi) is 6.16. The van der Waals surface area contributed by atoms with Crippen LogP contribution in [0.5, 0.6) is 0 Å². The van der Waals surface area contributed by atoms with Gasteiger partial charge < -0.3 is 5.32 Å². The van der Waals surface area contributed by atoms with Crippen molar-refractivity contribution in [1.82, 2.24) is 5.32 Å². The summed E-state index contributed by atoms with van der Waals surface area (Å²) in [6, 6.07) is 20.1. The van der Waals surface area contributed by atoms with Crippen molar-refractivity contribution in [1.29, 1.82) is 0 Å². The number of nitrogens with one attached hydrogen (secondary N) is 1. The maximum Gasteiger partial charge on any atom is 0.0317 e. The summed E-state index contributed by atoms with van der Waals surface area (Å²) in [5.74, 6) is 0. The zero-order valence-electron chi connectivity index (χ0n) is 12.3. The Bertz CT molecular complexity index is 493. The van der Waals surface area contributed by atoms with Gasteiger partial charge in [0.25, 0.3) is 0 Å². The van der Waals surface area contributed by atoms with Crippen LogP contribution in [0.2, 0.25) is 0 Å². The third kappa shape index (κ3) is 4.39. The SMILES string of the molecule is CNC(CCCc1ccccc1)c1ccc(SC)cc1. The first kappa shape index (κ1) is 15.1. The van der Waals surface area contributed by atoms with Gasteiger partial charge in [0, 0.05) is 10.9 Å². The first-order valence-electron chi connectivity index (χ1n) is 7.18. The van der Waals surface area contributed by atoms with E-state index in [0.717, 1.165) is 6.42 Å². The van der Waals surface area contributed by atoms with E-state index in [1.165, 1.54) is 28.9 Å². The first-order chi connectivity index (χ1) is 9.83. The molecule has 0 amide bonds. The lowest BCUT2D eigenvalue weighted by Gasteiger charge is -2.17. The predicted octanol–water partition coefficient (Wildman–Crippen LogP) is 4.69. The highest BCUT2D eigenvalue weighted by Gasteiger charge is 2.08. The van der Waals surface area contributed by atoms with E-state index >= 15 is 0 Å². The molecule has 0 aliphatic rings. The van der Waals surface area contributed by atoms with Crippen LogP contribution in [-0.2, 0) is 6.42 Å². The second-order valence-corrected chi connectivity index (χ2v) is 5.87. The monoisotopic (exact) mass is 285 g/mol. The van der Waals surface area contributed by atoms with Crippen LogP contribution in [0.25, 0.3) is 0 Å². The molecule has 2 rings (SSSR count). The Labute approximate surface area is 126 Å². The molecule has 0 aliphatic carbocycles. The van der Waals surface area contributed by atoms with Crippen LogP contribution >= 0.6 is 11.8 Å². The summed E-state index contributed by atoms with van der Waals surface area (Å²) in [6.07, 6.45) is 5.65. The van der Waals surface area contributed by atoms with E-state index in [2.05, 4.69) is 73.2 Å². The average Bonchev–Trinajstić information content (AvgIpc) is 2.53. The van der Waals surface area contributed by atoms with Gasteiger partial charge >= 0.3 is 0 Å². The van der Waals surface area contributed by atoms with Crippen molar-refractivity contribution in [2.45, 2.75) is 30.2 Å². The maximum atomic E-state index is 3.44.